The van der Waals surface area contributed by atoms with Crippen LogP contribution in [0.3, 0.4) is 0 Å². The van der Waals surface area contributed by atoms with Crippen LogP contribution in [0.5, 0.6) is 0 Å². The minimum absolute atomic E-state index is 0.174. The largest absolute Gasteiger partial charge is 0.324 e. The minimum Gasteiger partial charge on any atom is -0.324 e. The van der Waals surface area contributed by atoms with Gasteiger partial charge in [-0.05, 0) is 79.7 Å². The quantitative estimate of drug-likeness (QED) is 0.840. The molecule has 1 atom stereocenters. The molecule has 2 N–H and O–H groups in total. The first-order valence-corrected chi connectivity index (χ1v) is 8.06. The van der Waals surface area contributed by atoms with Crippen LogP contribution in [-0.2, 0) is 0 Å². The van der Waals surface area contributed by atoms with Gasteiger partial charge in [0.1, 0.15) is 0 Å². The maximum Gasteiger partial charge on any atom is 0.0268 e. The standard InChI is InChI=1S/C18H25N/c1-11(19)16-4-2-3-5-17(16)18-14-7-12-6-13(9-14)10-15(18)8-12/h2-5,11-15,18H,6-10,19H2,1H3. The van der Waals surface area contributed by atoms with Crippen molar-refractivity contribution in [3.05, 3.63) is 35.4 Å². The molecule has 1 heteroatoms. The van der Waals surface area contributed by atoms with Crippen LogP contribution in [0.2, 0.25) is 0 Å². The van der Waals surface area contributed by atoms with Crippen LogP contribution in [0.15, 0.2) is 24.3 Å². The van der Waals surface area contributed by atoms with Gasteiger partial charge in [-0.1, -0.05) is 24.3 Å². The topological polar surface area (TPSA) is 26.0 Å². The molecule has 1 unspecified atom stereocenters. The zero-order valence-corrected chi connectivity index (χ0v) is 11.9. The van der Waals surface area contributed by atoms with Crippen LogP contribution in [0.4, 0.5) is 0 Å². The molecule has 4 aliphatic carbocycles. The zero-order chi connectivity index (χ0) is 13.0. The molecule has 19 heavy (non-hydrogen) atoms. The van der Waals surface area contributed by atoms with E-state index in [4.69, 9.17) is 5.73 Å². The normalized spacial score (nSPS) is 41.5. The Labute approximate surface area is 116 Å². The van der Waals surface area contributed by atoms with Crippen LogP contribution < -0.4 is 5.73 Å². The molecule has 0 spiro atoms. The van der Waals surface area contributed by atoms with Gasteiger partial charge in [-0.25, -0.2) is 0 Å². The minimum atomic E-state index is 0.174. The first kappa shape index (κ1) is 12.0. The SMILES string of the molecule is CC(N)c1ccccc1C1C2CC3CC(C2)CC1C3. The highest BCUT2D eigenvalue weighted by molar-refractivity contribution is 5.35. The van der Waals surface area contributed by atoms with E-state index >= 15 is 0 Å². The molecule has 0 aromatic heterocycles. The van der Waals surface area contributed by atoms with Gasteiger partial charge in [0.2, 0.25) is 0 Å². The third-order valence-corrected chi connectivity index (χ3v) is 6.07. The van der Waals surface area contributed by atoms with Crippen molar-refractivity contribution in [1.82, 2.24) is 0 Å². The molecule has 4 fully saturated rings. The third kappa shape index (κ3) is 1.86. The van der Waals surface area contributed by atoms with Gasteiger partial charge < -0.3 is 5.73 Å². The van der Waals surface area contributed by atoms with E-state index < -0.39 is 0 Å². The molecule has 0 radical (unpaired) electrons. The lowest BCUT2D eigenvalue weighted by atomic mass is 9.50. The summed E-state index contributed by atoms with van der Waals surface area (Å²) < 4.78 is 0. The molecule has 4 aliphatic rings. The van der Waals surface area contributed by atoms with Gasteiger partial charge >= 0.3 is 0 Å². The van der Waals surface area contributed by atoms with Crippen molar-refractivity contribution in [2.75, 3.05) is 0 Å². The molecular formula is C18H25N. The van der Waals surface area contributed by atoms with Gasteiger partial charge in [-0.15, -0.1) is 0 Å². The third-order valence-electron chi connectivity index (χ3n) is 6.07. The van der Waals surface area contributed by atoms with E-state index in [9.17, 15) is 0 Å². The second-order valence-corrected chi connectivity index (χ2v) is 7.37. The average Bonchev–Trinajstić information content (AvgIpc) is 2.37. The Kier molecular flexibility index (Phi) is 2.73. The highest BCUT2D eigenvalue weighted by atomic mass is 14.6. The summed E-state index contributed by atoms with van der Waals surface area (Å²) in [6.07, 6.45) is 7.50. The molecule has 0 saturated heterocycles. The van der Waals surface area contributed by atoms with Crippen molar-refractivity contribution in [3.63, 3.8) is 0 Å². The molecule has 102 valence electrons. The van der Waals surface area contributed by atoms with E-state index in [-0.39, 0.29) is 6.04 Å². The second kappa shape index (κ2) is 4.34. The first-order chi connectivity index (χ1) is 9.22. The molecular weight excluding hydrogens is 230 g/mol. The molecule has 0 heterocycles. The summed E-state index contributed by atoms with van der Waals surface area (Å²) >= 11 is 0. The molecule has 4 saturated carbocycles. The fourth-order valence-corrected chi connectivity index (χ4v) is 5.66. The Morgan fingerprint density at radius 2 is 1.53 bits per heavy atom. The molecule has 0 aliphatic heterocycles. The van der Waals surface area contributed by atoms with Gasteiger partial charge in [-0.3, -0.25) is 0 Å². The number of hydrogen-bond donors (Lipinski definition) is 1. The Bertz CT molecular complexity index is 448. The molecule has 0 amide bonds. The van der Waals surface area contributed by atoms with E-state index in [1.807, 2.05) is 0 Å². The molecule has 4 bridgehead atoms. The predicted octanol–water partition coefficient (Wildman–Crippen LogP) is 4.25. The zero-order valence-electron chi connectivity index (χ0n) is 11.9. The summed E-state index contributed by atoms with van der Waals surface area (Å²) in [5, 5.41) is 0. The van der Waals surface area contributed by atoms with Gasteiger partial charge in [0.25, 0.3) is 0 Å². The summed E-state index contributed by atoms with van der Waals surface area (Å²) in [6, 6.07) is 9.16. The predicted molar refractivity (Wildman–Crippen MR) is 78.8 cm³/mol. The average molecular weight is 255 g/mol. The van der Waals surface area contributed by atoms with E-state index in [0.717, 1.165) is 29.6 Å². The summed E-state index contributed by atoms with van der Waals surface area (Å²) in [4.78, 5) is 0. The first-order valence-electron chi connectivity index (χ1n) is 8.06. The summed E-state index contributed by atoms with van der Waals surface area (Å²) in [5.41, 5.74) is 9.20. The van der Waals surface area contributed by atoms with E-state index in [1.54, 1.807) is 5.56 Å². The number of nitrogens with two attached hydrogens (primary N) is 1. The van der Waals surface area contributed by atoms with E-state index in [2.05, 4.69) is 31.2 Å². The summed E-state index contributed by atoms with van der Waals surface area (Å²) in [6.45, 7) is 2.13. The van der Waals surface area contributed by atoms with Crippen LogP contribution in [-0.4, -0.2) is 0 Å². The van der Waals surface area contributed by atoms with Crippen molar-refractivity contribution in [2.24, 2.45) is 29.4 Å². The van der Waals surface area contributed by atoms with Gasteiger partial charge in [0.05, 0.1) is 0 Å². The van der Waals surface area contributed by atoms with Crippen LogP contribution in [0, 0.1) is 23.7 Å². The molecule has 1 aromatic carbocycles. The van der Waals surface area contributed by atoms with Crippen molar-refractivity contribution < 1.29 is 0 Å². The Morgan fingerprint density at radius 1 is 0.947 bits per heavy atom. The Hall–Kier alpha value is -0.820. The monoisotopic (exact) mass is 255 g/mol. The lowest BCUT2D eigenvalue weighted by molar-refractivity contribution is -0.00312. The maximum absolute atomic E-state index is 6.21. The highest BCUT2D eigenvalue weighted by Gasteiger charge is 2.48. The van der Waals surface area contributed by atoms with Gasteiger partial charge in [0.15, 0.2) is 0 Å². The number of hydrogen-bond acceptors (Lipinski definition) is 1. The number of rotatable bonds is 2. The summed E-state index contributed by atoms with van der Waals surface area (Å²) in [7, 11) is 0. The van der Waals surface area contributed by atoms with Crippen LogP contribution in [0.1, 0.15) is 62.1 Å². The fraction of sp³-hybridized carbons (Fsp3) is 0.667. The maximum atomic E-state index is 6.21. The number of benzene rings is 1. The van der Waals surface area contributed by atoms with Crippen LogP contribution >= 0.6 is 0 Å². The van der Waals surface area contributed by atoms with E-state index in [0.29, 0.717) is 0 Å². The van der Waals surface area contributed by atoms with Crippen molar-refractivity contribution in [1.29, 1.82) is 0 Å². The molecule has 1 aromatic rings. The molecule has 1 nitrogen and oxygen atoms in total. The highest BCUT2D eigenvalue weighted by Crippen LogP contribution is 2.60. The lowest BCUT2D eigenvalue weighted by Crippen LogP contribution is -2.44. The van der Waals surface area contributed by atoms with Crippen molar-refractivity contribution in [3.8, 4) is 0 Å². The summed E-state index contributed by atoms with van der Waals surface area (Å²) in [5.74, 6) is 4.84. The van der Waals surface area contributed by atoms with Crippen molar-refractivity contribution in [2.45, 2.75) is 51.0 Å². The van der Waals surface area contributed by atoms with Crippen molar-refractivity contribution >= 4 is 0 Å². The Morgan fingerprint density at radius 3 is 2.11 bits per heavy atom. The smallest absolute Gasteiger partial charge is 0.0268 e. The lowest BCUT2D eigenvalue weighted by Gasteiger charge is -2.55. The second-order valence-electron chi connectivity index (χ2n) is 7.37. The van der Waals surface area contributed by atoms with E-state index in [1.165, 1.54) is 37.7 Å². The fourth-order valence-electron chi connectivity index (χ4n) is 5.66. The van der Waals surface area contributed by atoms with Gasteiger partial charge in [-0.2, -0.15) is 0 Å². The molecule has 5 rings (SSSR count). The Balaban J connectivity index is 1.73. The van der Waals surface area contributed by atoms with Crippen LogP contribution in [0.25, 0.3) is 0 Å². The van der Waals surface area contributed by atoms with Gasteiger partial charge in [0, 0.05) is 6.04 Å².